The Balaban J connectivity index is 1.46. The molecule has 4 aromatic carbocycles. The molecule has 0 aliphatic rings. The summed E-state index contributed by atoms with van der Waals surface area (Å²) in [7, 11) is 0. The van der Waals surface area contributed by atoms with Crippen LogP contribution in [0.25, 0.3) is 0 Å². The van der Waals surface area contributed by atoms with Gasteiger partial charge in [-0.15, -0.1) is 0 Å². The summed E-state index contributed by atoms with van der Waals surface area (Å²) in [5, 5.41) is 22.6. The number of hydrogen-bond donors (Lipinski definition) is 2. The Bertz CT molecular complexity index is 1310. The zero-order valence-electron chi connectivity index (χ0n) is 23.8. The van der Waals surface area contributed by atoms with E-state index in [4.69, 9.17) is 18.9 Å². The summed E-state index contributed by atoms with van der Waals surface area (Å²) in [5.41, 5.74) is 1.79. The van der Waals surface area contributed by atoms with Gasteiger partial charge in [-0.2, -0.15) is 0 Å². The van der Waals surface area contributed by atoms with Crippen LogP contribution in [0.2, 0.25) is 0 Å². The van der Waals surface area contributed by atoms with Gasteiger partial charge < -0.3 is 29.2 Å². The number of halogens is 4. The van der Waals surface area contributed by atoms with E-state index in [9.17, 15) is 27.8 Å². The highest BCUT2D eigenvalue weighted by atomic mass is 19.1. The molecule has 0 saturated carbocycles. The molecule has 2 N–H and O–H groups in total. The zero-order chi connectivity index (χ0) is 31.3. The molecule has 0 amide bonds. The summed E-state index contributed by atoms with van der Waals surface area (Å²) in [6, 6.07) is 23.2. The van der Waals surface area contributed by atoms with Crippen LogP contribution in [-0.2, 0) is 45.4 Å². The van der Waals surface area contributed by atoms with E-state index >= 15 is 0 Å². The van der Waals surface area contributed by atoms with Crippen molar-refractivity contribution in [3.8, 4) is 0 Å². The van der Waals surface area contributed by atoms with Crippen molar-refractivity contribution in [2.45, 2.75) is 50.8 Å². The fourth-order valence-electron chi connectivity index (χ4n) is 4.30. The molecule has 0 fully saturated rings. The highest BCUT2D eigenvalue weighted by molar-refractivity contribution is 5.18. The first kappa shape index (κ1) is 33.3. The average Bonchev–Trinajstić information content (AvgIpc) is 3.03. The molecule has 234 valence electrons. The highest BCUT2D eigenvalue weighted by Crippen LogP contribution is 2.18. The van der Waals surface area contributed by atoms with Crippen LogP contribution >= 0.6 is 0 Å². The number of rotatable bonds is 17. The van der Waals surface area contributed by atoms with Crippen LogP contribution < -0.4 is 0 Å². The van der Waals surface area contributed by atoms with Gasteiger partial charge in [0.15, 0.2) is 0 Å². The summed E-state index contributed by atoms with van der Waals surface area (Å²) < 4.78 is 78.1. The molecule has 4 aromatic rings. The second-order valence-corrected chi connectivity index (χ2v) is 10.1. The molecule has 0 aliphatic heterocycles. The SMILES string of the molecule is O[C@@H]([C@H](O)[C@@H](COCc1ccccc1F)OCc1ccc(F)cc1)[C@@H](COCc1ccccc1F)OCc1ccc(F)cc1. The molecule has 0 heterocycles. The normalized spacial score (nSPS) is 14.2. The van der Waals surface area contributed by atoms with Crippen molar-refractivity contribution in [2.75, 3.05) is 13.2 Å². The smallest absolute Gasteiger partial charge is 0.128 e. The Morgan fingerprint density at radius 2 is 0.841 bits per heavy atom. The third-order valence-electron chi connectivity index (χ3n) is 6.86. The predicted octanol–water partition coefficient (Wildman–Crippen LogP) is 5.87. The number of aliphatic hydroxyl groups excluding tert-OH is 2. The first-order valence-corrected chi connectivity index (χ1v) is 14.0. The third-order valence-corrected chi connectivity index (χ3v) is 6.86. The largest absolute Gasteiger partial charge is 0.388 e. The lowest BCUT2D eigenvalue weighted by molar-refractivity contribution is -0.170. The summed E-state index contributed by atoms with van der Waals surface area (Å²) in [4.78, 5) is 0. The van der Waals surface area contributed by atoms with Crippen LogP contribution in [-0.4, -0.2) is 47.8 Å². The lowest BCUT2D eigenvalue weighted by Crippen LogP contribution is -2.49. The van der Waals surface area contributed by atoms with Gasteiger partial charge in [-0.3, -0.25) is 0 Å². The summed E-state index contributed by atoms with van der Waals surface area (Å²) >= 11 is 0. The van der Waals surface area contributed by atoms with Gasteiger partial charge in [0.2, 0.25) is 0 Å². The van der Waals surface area contributed by atoms with Crippen molar-refractivity contribution in [3.05, 3.63) is 143 Å². The molecule has 4 rings (SSSR count). The van der Waals surface area contributed by atoms with E-state index in [1.807, 2.05) is 0 Å². The number of ether oxygens (including phenoxy) is 4. The van der Waals surface area contributed by atoms with Crippen LogP contribution in [0, 0.1) is 23.3 Å². The molecule has 0 bridgehead atoms. The van der Waals surface area contributed by atoms with Crippen molar-refractivity contribution >= 4 is 0 Å². The first-order chi connectivity index (χ1) is 21.3. The Kier molecular flexibility index (Phi) is 12.9. The van der Waals surface area contributed by atoms with Gasteiger partial charge in [0.05, 0.1) is 39.6 Å². The Morgan fingerprint density at radius 3 is 1.20 bits per heavy atom. The summed E-state index contributed by atoms with van der Waals surface area (Å²) in [5.74, 6) is -1.77. The molecule has 0 unspecified atom stereocenters. The van der Waals surface area contributed by atoms with E-state index in [1.54, 1.807) is 36.4 Å². The van der Waals surface area contributed by atoms with Gasteiger partial charge in [-0.05, 0) is 47.5 Å². The molecule has 0 aliphatic carbocycles. The second-order valence-electron chi connectivity index (χ2n) is 10.1. The fourth-order valence-corrected chi connectivity index (χ4v) is 4.30. The standard InChI is InChI=1S/C34H34F4O6/c35-27-13-9-23(10-14-27)17-43-31(21-41-19-25-5-1-3-7-29(25)37)33(39)34(40)32(44-18-24-11-15-28(36)16-12-24)22-42-20-26-6-2-4-8-30(26)38/h1-16,31-34,39-40H,17-22H2/t31-,32-,33-,34-/m1/s1. The predicted molar refractivity (Wildman–Crippen MR) is 154 cm³/mol. The van der Waals surface area contributed by atoms with E-state index in [2.05, 4.69) is 0 Å². The van der Waals surface area contributed by atoms with Crippen molar-refractivity contribution in [2.24, 2.45) is 0 Å². The van der Waals surface area contributed by atoms with Crippen molar-refractivity contribution in [1.29, 1.82) is 0 Å². The lowest BCUT2D eigenvalue weighted by Gasteiger charge is -2.32. The quantitative estimate of drug-likeness (QED) is 0.145. The average molecular weight is 615 g/mol. The van der Waals surface area contributed by atoms with Crippen molar-refractivity contribution in [1.82, 2.24) is 0 Å². The minimum Gasteiger partial charge on any atom is -0.388 e. The molecular weight excluding hydrogens is 580 g/mol. The lowest BCUT2D eigenvalue weighted by atomic mass is 10.0. The van der Waals surface area contributed by atoms with Crippen LogP contribution in [0.1, 0.15) is 22.3 Å². The maximum absolute atomic E-state index is 14.1. The van der Waals surface area contributed by atoms with E-state index in [0.29, 0.717) is 22.3 Å². The number of aliphatic hydroxyl groups is 2. The van der Waals surface area contributed by atoms with Gasteiger partial charge in [-0.25, -0.2) is 17.6 Å². The van der Waals surface area contributed by atoms with Crippen molar-refractivity contribution < 1.29 is 46.7 Å². The Labute approximate surface area is 253 Å². The van der Waals surface area contributed by atoms with Crippen LogP contribution in [0.15, 0.2) is 97.1 Å². The molecule has 0 radical (unpaired) electrons. The van der Waals surface area contributed by atoms with Gasteiger partial charge in [0.25, 0.3) is 0 Å². The maximum Gasteiger partial charge on any atom is 0.128 e. The number of hydrogen-bond acceptors (Lipinski definition) is 6. The summed E-state index contributed by atoms with van der Waals surface area (Å²) in [6.45, 7) is -0.835. The van der Waals surface area contributed by atoms with Gasteiger partial charge >= 0.3 is 0 Å². The third kappa shape index (κ3) is 10.2. The minimum absolute atomic E-state index is 0.0529. The topological polar surface area (TPSA) is 77.4 Å². The Morgan fingerprint density at radius 1 is 0.477 bits per heavy atom. The first-order valence-electron chi connectivity index (χ1n) is 14.0. The second kappa shape index (κ2) is 17.0. The molecule has 0 spiro atoms. The van der Waals surface area contributed by atoms with E-state index in [-0.39, 0.29) is 39.6 Å². The van der Waals surface area contributed by atoms with E-state index in [1.165, 1.54) is 60.7 Å². The fraction of sp³-hybridized carbons (Fsp3) is 0.294. The summed E-state index contributed by atoms with van der Waals surface area (Å²) in [6.07, 6.45) is -5.45. The highest BCUT2D eigenvalue weighted by Gasteiger charge is 2.34. The van der Waals surface area contributed by atoms with E-state index < -0.39 is 47.7 Å². The van der Waals surface area contributed by atoms with Crippen molar-refractivity contribution in [3.63, 3.8) is 0 Å². The Hall–Kier alpha value is -3.64. The molecule has 10 heteroatoms. The van der Waals surface area contributed by atoms with E-state index in [0.717, 1.165) is 0 Å². The minimum atomic E-state index is -1.59. The molecule has 44 heavy (non-hydrogen) atoms. The molecule has 0 aromatic heterocycles. The zero-order valence-corrected chi connectivity index (χ0v) is 23.8. The van der Waals surface area contributed by atoms with Crippen LogP contribution in [0.3, 0.4) is 0 Å². The van der Waals surface area contributed by atoms with Crippen LogP contribution in [0.5, 0.6) is 0 Å². The molecular formula is C34H34F4O6. The molecule has 6 nitrogen and oxygen atoms in total. The molecule has 0 saturated heterocycles. The van der Waals surface area contributed by atoms with Gasteiger partial charge in [0, 0.05) is 11.1 Å². The maximum atomic E-state index is 14.1. The monoisotopic (exact) mass is 614 g/mol. The molecule has 4 atom stereocenters. The van der Waals surface area contributed by atoms with Crippen LogP contribution in [0.4, 0.5) is 17.6 Å². The van der Waals surface area contributed by atoms with Gasteiger partial charge in [0.1, 0.15) is 47.7 Å². The van der Waals surface area contributed by atoms with Gasteiger partial charge in [-0.1, -0.05) is 60.7 Å². The number of benzene rings is 4.